The van der Waals surface area contributed by atoms with E-state index in [1.807, 2.05) is 0 Å². The number of aliphatic carboxylic acids is 1. The summed E-state index contributed by atoms with van der Waals surface area (Å²) >= 11 is 0. The van der Waals surface area contributed by atoms with Gasteiger partial charge >= 0.3 is 18.3 Å². The number of carboxylic acid groups (broad SMARTS) is 1. The summed E-state index contributed by atoms with van der Waals surface area (Å²) in [6.07, 6.45) is -7.60. The third-order valence-electron chi connectivity index (χ3n) is 4.77. The van der Waals surface area contributed by atoms with Crippen LogP contribution in [-0.2, 0) is 23.7 Å². The zero-order valence-electron chi connectivity index (χ0n) is 16.8. The van der Waals surface area contributed by atoms with Gasteiger partial charge < -0.3 is 14.4 Å². The number of halogens is 6. The summed E-state index contributed by atoms with van der Waals surface area (Å²) in [6, 6.07) is 7.45. The summed E-state index contributed by atoms with van der Waals surface area (Å²) in [5, 5.41) is 18.6. The molecule has 33 heavy (non-hydrogen) atoms. The first-order chi connectivity index (χ1) is 15.3. The lowest BCUT2D eigenvalue weighted by atomic mass is 10.0. The van der Waals surface area contributed by atoms with Gasteiger partial charge in [0, 0.05) is 23.7 Å². The van der Waals surface area contributed by atoms with Crippen molar-refractivity contribution >= 4 is 22.9 Å². The molecule has 0 saturated carbocycles. The number of hydrogen-bond donors (Lipinski definition) is 1. The van der Waals surface area contributed by atoms with Crippen molar-refractivity contribution in [2.45, 2.75) is 18.9 Å². The molecular formula is C22H14F6N2O3. The predicted octanol–water partition coefficient (Wildman–Crippen LogP) is 5.73. The topological polar surface area (TPSA) is 75.2 Å². The van der Waals surface area contributed by atoms with E-state index in [-0.39, 0.29) is 29.5 Å². The Morgan fingerprint density at radius 2 is 1.73 bits per heavy atom. The Bertz CT molecular complexity index is 1260. The number of benzene rings is 2. The molecule has 0 unspecified atom stereocenters. The van der Waals surface area contributed by atoms with Crippen LogP contribution in [0.1, 0.15) is 22.3 Å². The number of rotatable bonds is 5. The van der Waals surface area contributed by atoms with Crippen molar-refractivity contribution in [2.75, 3.05) is 7.11 Å². The third kappa shape index (κ3) is 4.95. The van der Waals surface area contributed by atoms with Crippen molar-refractivity contribution in [2.24, 2.45) is 0 Å². The zero-order chi connectivity index (χ0) is 24.6. The highest BCUT2D eigenvalue weighted by Gasteiger charge is 2.37. The number of carboxylic acids is 1. The Morgan fingerprint density at radius 3 is 2.21 bits per heavy atom. The average molecular weight is 468 g/mol. The molecule has 5 nitrogen and oxygen atoms in total. The molecule has 0 saturated heterocycles. The van der Waals surface area contributed by atoms with Crippen molar-refractivity contribution in [3.63, 3.8) is 0 Å². The van der Waals surface area contributed by atoms with Crippen molar-refractivity contribution in [1.29, 1.82) is 5.26 Å². The van der Waals surface area contributed by atoms with Gasteiger partial charge in [-0.1, -0.05) is 6.07 Å². The first-order valence-corrected chi connectivity index (χ1v) is 9.14. The zero-order valence-corrected chi connectivity index (χ0v) is 16.8. The summed E-state index contributed by atoms with van der Waals surface area (Å²) in [6.45, 7) is -0.389. The van der Waals surface area contributed by atoms with Crippen LogP contribution in [0, 0.1) is 11.3 Å². The minimum atomic E-state index is -4.99. The van der Waals surface area contributed by atoms with Crippen LogP contribution in [0.25, 0.3) is 17.0 Å². The molecule has 1 aromatic heterocycles. The van der Waals surface area contributed by atoms with Crippen molar-refractivity contribution < 1.29 is 41.0 Å². The second-order valence-electron chi connectivity index (χ2n) is 6.96. The highest BCUT2D eigenvalue weighted by molar-refractivity contribution is 6.02. The van der Waals surface area contributed by atoms with E-state index in [2.05, 4.69) is 0 Å². The molecule has 0 aliphatic rings. The molecule has 0 aliphatic heterocycles. The van der Waals surface area contributed by atoms with Gasteiger partial charge in [0.1, 0.15) is 17.4 Å². The lowest BCUT2D eigenvalue weighted by Gasteiger charge is -2.15. The number of aromatic nitrogens is 1. The monoisotopic (exact) mass is 468 g/mol. The maximum atomic E-state index is 13.2. The number of nitriles is 1. The lowest BCUT2D eigenvalue weighted by molar-refractivity contribution is -0.143. The quantitative estimate of drug-likeness (QED) is 0.295. The number of carbonyl (C=O) groups is 1. The van der Waals surface area contributed by atoms with E-state index in [0.717, 1.165) is 6.08 Å². The van der Waals surface area contributed by atoms with Crippen LogP contribution < -0.4 is 4.74 Å². The van der Waals surface area contributed by atoms with E-state index in [9.17, 15) is 31.1 Å². The molecule has 0 spiro atoms. The van der Waals surface area contributed by atoms with Gasteiger partial charge in [-0.25, -0.2) is 4.79 Å². The van der Waals surface area contributed by atoms with Crippen LogP contribution in [-0.4, -0.2) is 22.8 Å². The van der Waals surface area contributed by atoms with Crippen molar-refractivity contribution in [3.8, 4) is 11.8 Å². The van der Waals surface area contributed by atoms with Gasteiger partial charge in [0.15, 0.2) is 0 Å². The average Bonchev–Trinajstić information content (AvgIpc) is 3.07. The molecule has 0 radical (unpaired) electrons. The summed E-state index contributed by atoms with van der Waals surface area (Å²) < 4.78 is 85.8. The van der Waals surface area contributed by atoms with Crippen LogP contribution >= 0.6 is 0 Å². The maximum absolute atomic E-state index is 13.2. The second-order valence-corrected chi connectivity index (χ2v) is 6.96. The first-order valence-electron chi connectivity index (χ1n) is 9.14. The molecule has 3 aromatic rings. The van der Waals surface area contributed by atoms with Gasteiger partial charge in [0.05, 0.1) is 23.8 Å². The fourth-order valence-corrected chi connectivity index (χ4v) is 3.37. The number of ether oxygens (including phenoxy) is 1. The Hall–Kier alpha value is -3.94. The third-order valence-corrected chi connectivity index (χ3v) is 4.77. The highest BCUT2D eigenvalue weighted by Crippen LogP contribution is 2.37. The van der Waals surface area contributed by atoms with Crippen LogP contribution in [0.5, 0.6) is 5.75 Å². The summed E-state index contributed by atoms with van der Waals surface area (Å²) in [5.41, 5.74) is -3.22. The molecule has 172 valence electrons. The lowest BCUT2D eigenvalue weighted by Crippen LogP contribution is -2.12. The Morgan fingerprint density at radius 1 is 1.12 bits per heavy atom. The van der Waals surface area contributed by atoms with Gasteiger partial charge in [0.25, 0.3) is 0 Å². The van der Waals surface area contributed by atoms with E-state index in [1.54, 1.807) is 18.2 Å². The SMILES string of the molecule is COc1cccc2c1c(/C=C(\C#N)C(=O)O)cn2Cc1cc(C(F)(F)F)cc(C(F)(F)F)c1. The van der Waals surface area contributed by atoms with Crippen molar-refractivity contribution in [3.05, 3.63) is 70.4 Å². The minimum absolute atomic E-state index is 0.0422. The molecule has 1 N–H and O–H groups in total. The van der Waals surface area contributed by atoms with Gasteiger partial charge in [0.2, 0.25) is 0 Å². The molecular weight excluding hydrogens is 454 g/mol. The highest BCUT2D eigenvalue weighted by atomic mass is 19.4. The molecule has 0 aliphatic carbocycles. The van der Waals surface area contributed by atoms with Gasteiger partial charge in [-0.05, 0) is 42.0 Å². The molecule has 11 heteroatoms. The first kappa shape index (κ1) is 23.7. The van der Waals surface area contributed by atoms with E-state index in [4.69, 9.17) is 15.1 Å². The predicted molar refractivity (Wildman–Crippen MR) is 105 cm³/mol. The Kier molecular flexibility index (Phi) is 6.14. The van der Waals surface area contributed by atoms with Crippen LogP contribution in [0.3, 0.4) is 0 Å². The number of fused-ring (bicyclic) bond motifs is 1. The van der Waals surface area contributed by atoms with Crippen molar-refractivity contribution in [1.82, 2.24) is 4.57 Å². The number of hydrogen-bond acceptors (Lipinski definition) is 3. The standard InChI is InChI=1S/C22H14F6N2O3/c1-33-18-4-2-3-17-19(18)14(7-13(9-29)20(31)32)11-30(17)10-12-5-15(21(23,24)25)8-16(6-12)22(26,27)28/h2-8,11H,10H2,1H3,(H,31,32)/b13-7+. The fraction of sp³-hybridized carbons (Fsp3) is 0.182. The smallest absolute Gasteiger partial charge is 0.416 e. The fourth-order valence-electron chi connectivity index (χ4n) is 3.37. The van der Waals surface area contributed by atoms with E-state index in [0.29, 0.717) is 23.0 Å². The van der Waals surface area contributed by atoms with E-state index < -0.39 is 35.0 Å². The van der Waals surface area contributed by atoms with Gasteiger partial charge in [-0.2, -0.15) is 31.6 Å². The molecule has 0 fully saturated rings. The van der Waals surface area contributed by atoms with Crippen LogP contribution in [0.15, 0.2) is 48.2 Å². The summed E-state index contributed by atoms with van der Waals surface area (Å²) in [5.74, 6) is -1.22. The molecule has 0 atom stereocenters. The number of alkyl halides is 6. The molecule has 0 amide bonds. The largest absolute Gasteiger partial charge is 0.496 e. The van der Waals surface area contributed by atoms with Gasteiger partial charge in [-0.3, -0.25) is 0 Å². The molecule has 0 bridgehead atoms. The van der Waals surface area contributed by atoms with Gasteiger partial charge in [-0.15, -0.1) is 0 Å². The maximum Gasteiger partial charge on any atom is 0.416 e. The normalized spacial score (nSPS) is 12.6. The summed E-state index contributed by atoms with van der Waals surface area (Å²) in [7, 11) is 1.34. The van der Waals surface area contributed by atoms with Crippen LogP contribution in [0.2, 0.25) is 0 Å². The molecule has 3 rings (SSSR count). The molecule has 2 aromatic carbocycles. The minimum Gasteiger partial charge on any atom is -0.496 e. The second kappa shape index (κ2) is 8.54. The Labute approximate surface area is 182 Å². The van der Waals surface area contributed by atoms with E-state index >= 15 is 0 Å². The Balaban J connectivity index is 2.22. The van der Waals surface area contributed by atoms with E-state index in [1.165, 1.54) is 23.9 Å². The number of nitrogens with zero attached hydrogens (tertiary/aromatic N) is 2. The number of methoxy groups -OCH3 is 1. The van der Waals surface area contributed by atoms with Crippen LogP contribution in [0.4, 0.5) is 26.3 Å². The summed E-state index contributed by atoms with van der Waals surface area (Å²) in [4.78, 5) is 11.2. The molecule has 1 heterocycles.